The lowest BCUT2D eigenvalue weighted by Crippen LogP contribution is -2.14. The molecule has 0 fully saturated rings. The van der Waals surface area contributed by atoms with Gasteiger partial charge in [-0.1, -0.05) is 184 Å². The third kappa shape index (κ3) is 5.73. The minimum absolute atomic E-state index is 0.0784. The average molecular weight is 704 g/mol. The second-order valence-corrected chi connectivity index (χ2v) is 14.8. The Morgan fingerprint density at radius 1 is 0.291 bits per heavy atom. The Labute approximate surface area is 321 Å². The van der Waals surface area contributed by atoms with E-state index < -0.39 is 0 Å². The van der Waals surface area contributed by atoms with E-state index in [0.717, 1.165) is 49.7 Å². The van der Waals surface area contributed by atoms with E-state index >= 15 is 0 Å². The lowest BCUT2D eigenvalue weighted by atomic mass is 9.81. The average Bonchev–Trinajstić information content (AvgIpc) is 3.49. The van der Waals surface area contributed by atoms with Crippen molar-refractivity contribution in [1.29, 1.82) is 0 Å². The van der Waals surface area contributed by atoms with E-state index in [0.29, 0.717) is 17.5 Å². The highest BCUT2D eigenvalue weighted by molar-refractivity contribution is 6.04. The van der Waals surface area contributed by atoms with Crippen LogP contribution in [0.25, 0.3) is 89.4 Å². The summed E-state index contributed by atoms with van der Waals surface area (Å²) in [5.41, 5.74) is 15.1. The monoisotopic (exact) mass is 703 g/mol. The lowest BCUT2D eigenvalue weighted by Gasteiger charge is -2.22. The van der Waals surface area contributed by atoms with Crippen LogP contribution in [0.4, 0.5) is 0 Å². The summed E-state index contributed by atoms with van der Waals surface area (Å²) in [7, 11) is 0. The molecule has 8 aromatic carbocycles. The molecule has 0 radical (unpaired) electrons. The molecule has 0 amide bonds. The van der Waals surface area contributed by atoms with Crippen LogP contribution in [0.3, 0.4) is 0 Å². The summed E-state index contributed by atoms with van der Waals surface area (Å²) in [5.74, 6) is 1.91. The van der Waals surface area contributed by atoms with Crippen LogP contribution in [0, 0.1) is 0 Å². The van der Waals surface area contributed by atoms with Gasteiger partial charge in [0.15, 0.2) is 17.5 Å². The predicted molar refractivity (Wildman–Crippen MR) is 228 cm³/mol. The van der Waals surface area contributed by atoms with Gasteiger partial charge < -0.3 is 0 Å². The van der Waals surface area contributed by atoms with Crippen LogP contribution in [-0.4, -0.2) is 15.0 Å². The van der Waals surface area contributed by atoms with E-state index in [9.17, 15) is 0 Å². The zero-order chi connectivity index (χ0) is 36.9. The fourth-order valence-corrected chi connectivity index (χ4v) is 8.32. The van der Waals surface area contributed by atoms with Crippen LogP contribution in [0.1, 0.15) is 25.0 Å². The summed E-state index contributed by atoms with van der Waals surface area (Å²) in [5, 5.41) is 2.26. The maximum atomic E-state index is 5.23. The van der Waals surface area contributed by atoms with Gasteiger partial charge in [-0.15, -0.1) is 0 Å². The predicted octanol–water partition coefficient (Wildman–Crippen LogP) is 13.3. The second kappa shape index (κ2) is 13.2. The summed E-state index contributed by atoms with van der Waals surface area (Å²) in [6, 6.07) is 66.7. The SMILES string of the molecule is CC1(C)c2ccccc2-c2ccc(-c3cccc4c(-c5nc(-c6cccc(-c7ccccc7)c6)nc(-c6cccc(-c7ccccc7)c6)n5)cccc34)cc21. The summed E-state index contributed by atoms with van der Waals surface area (Å²) in [6.45, 7) is 4.67. The molecule has 0 unspecified atom stereocenters. The largest absolute Gasteiger partial charge is 0.208 e. The summed E-state index contributed by atoms with van der Waals surface area (Å²) in [4.78, 5) is 15.6. The highest BCUT2D eigenvalue weighted by Gasteiger charge is 2.35. The Morgan fingerprint density at radius 2 is 0.745 bits per heavy atom. The van der Waals surface area contributed by atoms with E-state index in [1.165, 1.54) is 33.4 Å². The molecule has 0 saturated heterocycles. The first-order chi connectivity index (χ1) is 27.0. The molecule has 0 saturated carbocycles. The topological polar surface area (TPSA) is 38.7 Å². The molecule has 1 aliphatic rings. The van der Waals surface area contributed by atoms with Gasteiger partial charge in [0.1, 0.15) is 0 Å². The summed E-state index contributed by atoms with van der Waals surface area (Å²) in [6.07, 6.45) is 0. The fraction of sp³-hybridized carbons (Fsp3) is 0.0577. The molecule has 0 atom stereocenters. The minimum Gasteiger partial charge on any atom is -0.208 e. The van der Waals surface area contributed by atoms with Gasteiger partial charge in [0.2, 0.25) is 0 Å². The van der Waals surface area contributed by atoms with Gasteiger partial charge in [-0.2, -0.15) is 0 Å². The van der Waals surface area contributed by atoms with Crippen molar-refractivity contribution in [2.45, 2.75) is 19.3 Å². The maximum Gasteiger partial charge on any atom is 0.164 e. The molecular weight excluding hydrogens is 667 g/mol. The molecule has 0 aliphatic heterocycles. The molecule has 1 aromatic heterocycles. The van der Waals surface area contributed by atoms with E-state index in [-0.39, 0.29) is 5.41 Å². The third-order valence-electron chi connectivity index (χ3n) is 11.1. The molecular formula is C52H37N3. The smallest absolute Gasteiger partial charge is 0.164 e. The molecule has 1 aliphatic carbocycles. The highest BCUT2D eigenvalue weighted by atomic mass is 15.0. The van der Waals surface area contributed by atoms with Crippen molar-refractivity contribution in [3.05, 3.63) is 199 Å². The number of aromatic nitrogens is 3. The van der Waals surface area contributed by atoms with Crippen LogP contribution >= 0.6 is 0 Å². The van der Waals surface area contributed by atoms with E-state index in [1.807, 2.05) is 12.1 Å². The van der Waals surface area contributed by atoms with Crippen LogP contribution < -0.4 is 0 Å². The molecule has 0 bridgehead atoms. The number of rotatable bonds is 6. The zero-order valence-electron chi connectivity index (χ0n) is 30.7. The van der Waals surface area contributed by atoms with Crippen molar-refractivity contribution in [3.8, 4) is 78.7 Å². The van der Waals surface area contributed by atoms with Gasteiger partial charge in [0, 0.05) is 22.1 Å². The van der Waals surface area contributed by atoms with Crippen molar-refractivity contribution >= 4 is 10.8 Å². The second-order valence-electron chi connectivity index (χ2n) is 14.8. The van der Waals surface area contributed by atoms with Gasteiger partial charge in [-0.3, -0.25) is 0 Å². The fourth-order valence-electron chi connectivity index (χ4n) is 8.32. The molecule has 9 aromatic rings. The Morgan fingerprint density at radius 3 is 1.38 bits per heavy atom. The molecule has 10 rings (SSSR count). The van der Waals surface area contributed by atoms with Gasteiger partial charge >= 0.3 is 0 Å². The maximum absolute atomic E-state index is 5.23. The quantitative estimate of drug-likeness (QED) is 0.173. The normalized spacial score (nSPS) is 12.7. The van der Waals surface area contributed by atoms with E-state index in [2.05, 4.69) is 190 Å². The number of hydrogen-bond donors (Lipinski definition) is 0. The first-order valence-electron chi connectivity index (χ1n) is 18.9. The van der Waals surface area contributed by atoms with Crippen LogP contribution in [-0.2, 0) is 5.41 Å². The first kappa shape index (κ1) is 32.7. The summed E-state index contributed by atoms with van der Waals surface area (Å²) >= 11 is 0. The Bertz CT molecular complexity index is 2790. The van der Waals surface area contributed by atoms with Gasteiger partial charge in [-0.25, -0.2) is 15.0 Å². The molecule has 55 heavy (non-hydrogen) atoms. The van der Waals surface area contributed by atoms with E-state index in [1.54, 1.807) is 0 Å². The molecule has 260 valence electrons. The first-order valence-corrected chi connectivity index (χ1v) is 18.9. The van der Waals surface area contributed by atoms with Crippen molar-refractivity contribution in [2.24, 2.45) is 0 Å². The molecule has 3 heteroatoms. The zero-order valence-corrected chi connectivity index (χ0v) is 30.7. The molecule has 3 nitrogen and oxygen atoms in total. The van der Waals surface area contributed by atoms with Crippen LogP contribution in [0.2, 0.25) is 0 Å². The summed E-state index contributed by atoms with van der Waals surface area (Å²) < 4.78 is 0. The number of nitrogens with zero attached hydrogens (tertiary/aromatic N) is 3. The van der Waals surface area contributed by atoms with Gasteiger partial charge in [-0.05, 0) is 84.6 Å². The number of fused-ring (bicyclic) bond motifs is 4. The van der Waals surface area contributed by atoms with Crippen molar-refractivity contribution in [3.63, 3.8) is 0 Å². The minimum atomic E-state index is -0.0784. The Kier molecular flexibility index (Phi) is 7.81. The molecule has 0 spiro atoms. The standard InChI is InChI=1S/C52H37N3/c1-52(2)47-28-10-9-23-44(47)45-30-29-38(33-48(45)52)41-24-13-26-43-42(41)25-14-27-46(43)51-54-49(39-21-11-19-36(31-39)34-15-5-3-6-16-34)53-50(55-51)40-22-12-20-37(32-40)35-17-7-4-8-18-35/h3-33H,1-2H3. The molecule has 1 heterocycles. The number of benzene rings is 8. The molecule has 0 N–H and O–H groups in total. The van der Waals surface area contributed by atoms with Crippen LogP contribution in [0.15, 0.2) is 188 Å². The van der Waals surface area contributed by atoms with Crippen molar-refractivity contribution in [2.75, 3.05) is 0 Å². The third-order valence-corrected chi connectivity index (χ3v) is 11.1. The Hall–Kier alpha value is -6.97. The highest BCUT2D eigenvalue weighted by Crippen LogP contribution is 2.50. The number of hydrogen-bond acceptors (Lipinski definition) is 3. The van der Waals surface area contributed by atoms with E-state index in [4.69, 9.17) is 15.0 Å². The Balaban J connectivity index is 1.14. The van der Waals surface area contributed by atoms with Gasteiger partial charge in [0.25, 0.3) is 0 Å². The van der Waals surface area contributed by atoms with Crippen molar-refractivity contribution in [1.82, 2.24) is 15.0 Å². The van der Waals surface area contributed by atoms with Crippen molar-refractivity contribution < 1.29 is 0 Å². The lowest BCUT2D eigenvalue weighted by molar-refractivity contribution is 0.660. The van der Waals surface area contributed by atoms with Gasteiger partial charge in [0.05, 0.1) is 0 Å². The van der Waals surface area contributed by atoms with Crippen LogP contribution in [0.5, 0.6) is 0 Å².